The van der Waals surface area contributed by atoms with E-state index in [-0.39, 0.29) is 5.91 Å². The Morgan fingerprint density at radius 2 is 2.32 bits per heavy atom. The molecule has 0 radical (unpaired) electrons. The van der Waals surface area contributed by atoms with Gasteiger partial charge in [-0.2, -0.15) is 0 Å². The number of likely N-dealkylation sites (N-methyl/N-ethyl adjacent to an activating group) is 2. The number of nitrogens with zero attached hydrogens (tertiary/aromatic N) is 3. The number of hydrogen-bond donors (Lipinski definition) is 2. The quantitative estimate of drug-likeness (QED) is 0.801. The lowest BCUT2D eigenvalue weighted by Crippen LogP contribution is -2.37. The number of H-pyrrole nitrogens is 1. The van der Waals surface area contributed by atoms with Gasteiger partial charge in [0.15, 0.2) is 0 Å². The molecular weight excluding hydrogens is 314 g/mol. The number of aryl methyl sites for hydroxylation is 1. The van der Waals surface area contributed by atoms with Crippen LogP contribution in [0.5, 0.6) is 0 Å². The van der Waals surface area contributed by atoms with Crippen LogP contribution in [0.25, 0.3) is 11.0 Å². The molecule has 2 heterocycles. The Balaban J connectivity index is 1.38. The minimum atomic E-state index is 0.116. The molecule has 0 aliphatic carbocycles. The molecule has 6 heteroatoms. The molecule has 1 amide bonds. The molecule has 3 rings (SSSR count). The molecule has 0 spiro atoms. The highest BCUT2D eigenvalue weighted by Crippen LogP contribution is 2.14. The predicted octanol–water partition coefficient (Wildman–Crippen LogP) is 1.56. The maximum absolute atomic E-state index is 12.1. The molecule has 1 saturated heterocycles. The SMILES string of the molecule is Cc1ccc2nc(CCNC(=O)CCN(C)[C@H]3CCN(C)C3)[nH]c2c1. The van der Waals surface area contributed by atoms with Gasteiger partial charge in [-0.25, -0.2) is 4.98 Å². The summed E-state index contributed by atoms with van der Waals surface area (Å²) >= 11 is 0. The number of amides is 1. The number of carbonyl (C=O) groups excluding carboxylic acids is 1. The Labute approximate surface area is 149 Å². The summed E-state index contributed by atoms with van der Waals surface area (Å²) in [6.07, 6.45) is 2.47. The first kappa shape index (κ1) is 17.9. The molecule has 1 fully saturated rings. The van der Waals surface area contributed by atoms with Crippen molar-refractivity contribution in [3.05, 3.63) is 29.6 Å². The lowest BCUT2D eigenvalue weighted by molar-refractivity contribution is -0.121. The molecule has 1 aliphatic rings. The first-order valence-electron chi connectivity index (χ1n) is 9.12. The van der Waals surface area contributed by atoms with E-state index < -0.39 is 0 Å². The molecular formula is C19H29N5O. The van der Waals surface area contributed by atoms with Crippen LogP contribution in [0.4, 0.5) is 0 Å². The summed E-state index contributed by atoms with van der Waals surface area (Å²) in [6, 6.07) is 6.77. The van der Waals surface area contributed by atoms with E-state index in [0.717, 1.165) is 42.9 Å². The normalized spacial score (nSPS) is 18.3. The molecule has 2 N–H and O–H groups in total. The molecule has 6 nitrogen and oxygen atoms in total. The van der Waals surface area contributed by atoms with Crippen molar-refractivity contribution >= 4 is 16.9 Å². The topological polar surface area (TPSA) is 64.3 Å². The summed E-state index contributed by atoms with van der Waals surface area (Å²) in [6.45, 7) is 5.75. The molecule has 136 valence electrons. The minimum Gasteiger partial charge on any atom is -0.356 e. The van der Waals surface area contributed by atoms with E-state index in [0.29, 0.717) is 19.0 Å². The van der Waals surface area contributed by atoms with E-state index in [2.05, 4.69) is 58.2 Å². The van der Waals surface area contributed by atoms with Gasteiger partial charge in [-0.1, -0.05) is 6.07 Å². The van der Waals surface area contributed by atoms with Gasteiger partial charge in [0.05, 0.1) is 11.0 Å². The number of benzene rings is 1. The van der Waals surface area contributed by atoms with Crippen molar-refractivity contribution in [1.82, 2.24) is 25.1 Å². The number of aromatic nitrogens is 2. The largest absolute Gasteiger partial charge is 0.356 e. The fraction of sp³-hybridized carbons (Fsp3) is 0.579. The number of nitrogens with one attached hydrogen (secondary N) is 2. The summed E-state index contributed by atoms with van der Waals surface area (Å²) in [5.74, 6) is 1.04. The Hall–Kier alpha value is -1.92. The number of imidazole rings is 1. The zero-order valence-corrected chi connectivity index (χ0v) is 15.5. The number of carbonyl (C=O) groups is 1. The van der Waals surface area contributed by atoms with E-state index in [1.807, 2.05) is 6.07 Å². The van der Waals surface area contributed by atoms with Gasteiger partial charge in [-0.15, -0.1) is 0 Å². The third kappa shape index (κ3) is 4.80. The number of rotatable bonds is 7. The van der Waals surface area contributed by atoms with Crippen LogP contribution >= 0.6 is 0 Å². The first-order chi connectivity index (χ1) is 12.0. The highest BCUT2D eigenvalue weighted by molar-refractivity contribution is 5.76. The summed E-state index contributed by atoms with van der Waals surface area (Å²) in [4.78, 5) is 24.6. The van der Waals surface area contributed by atoms with Gasteiger partial charge < -0.3 is 20.1 Å². The zero-order valence-electron chi connectivity index (χ0n) is 15.5. The van der Waals surface area contributed by atoms with Crippen LogP contribution in [-0.2, 0) is 11.2 Å². The first-order valence-corrected chi connectivity index (χ1v) is 9.12. The number of aromatic amines is 1. The summed E-state index contributed by atoms with van der Waals surface area (Å²) < 4.78 is 0. The van der Waals surface area contributed by atoms with Crippen LogP contribution in [0, 0.1) is 6.92 Å². The minimum absolute atomic E-state index is 0.116. The molecule has 1 aromatic carbocycles. The monoisotopic (exact) mass is 343 g/mol. The third-order valence-corrected chi connectivity index (χ3v) is 5.05. The molecule has 2 aromatic rings. The lowest BCUT2D eigenvalue weighted by atomic mass is 10.2. The van der Waals surface area contributed by atoms with E-state index in [4.69, 9.17) is 0 Å². The van der Waals surface area contributed by atoms with Crippen LogP contribution in [0.15, 0.2) is 18.2 Å². The second-order valence-corrected chi connectivity index (χ2v) is 7.24. The van der Waals surface area contributed by atoms with E-state index >= 15 is 0 Å². The van der Waals surface area contributed by atoms with Crippen molar-refractivity contribution in [2.75, 3.05) is 40.3 Å². The average molecular weight is 343 g/mol. The Morgan fingerprint density at radius 3 is 3.08 bits per heavy atom. The van der Waals surface area contributed by atoms with Gasteiger partial charge in [-0.3, -0.25) is 4.79 Å². The highest BCUT2D eigenvalue weighted by Gasteiger charge is 2.23. The maximum atomic E-state index is 12.1. The number of hydrogen-bond acceptors (Lipinski definition) is 4. The van der Waals surface area contributed by atoms with Gasteiger partial charge in [0.25, 0.3) is 0 Å². The fourth-order valence-electron chi connectivity index (χ4n) is 3.44. The molecule has 25 heavy (non-hydrogen) atoms. The highest BCUT2D eigenvalue weighted by atomic mass is 16.1. The smallest absolute Gasteiger partial charge is 0.221 e. The number of fused-ring (bicyclic) bond motifs is 1. The Kier molecular flexibility index (Phi) is 5.71. The second kappa shape index (κ2) is 7.97. The van der Waals surface area contributed by atoms with Crippen LogP contribution in [0.1, 0.15) is 24.2 Å². The van der Waals surface area contributed by atoms with Crippen LogP contribution in [0.2, 0.25) is 0 Å². The van der Waals surface area contributed by atoms with E-state index in [1.54, 1.807) is 0 Å². The maximum Gasteiger partial charge on any atom is 0.221 e. The molecule has 1 atom stereocenters. The molecule has 1 aromatic heterocycles. The van der Waals surface area contributed by atoms with Gasteiger partial charge in [-0.05, 0) is 51.7 Å². The summed E-state index contributed by atoms with van der Waals surface area (Å²) in [5.41, 5.74) is 3.26. The van der Waals surface area contributed by atoms with E-state index in [9.17, 15) is 4.79 Å². The van der Waals surface area contributed by atoms with Gasteiger partial charge >= 0.3 is 0 Å². The van der Waals surface area contributed by atoms with Gasteiger partial charge in [0, 0.05) is 38.5 Å². The molecule has 1 aliphatic heterocycles. The lowest BCUT2D eigenvalue weighted by Gasteiger charge is -2.23. The van der Waals surface area contributed by atoms with Crippen molar-refractivity contribution in [1.29, 1.82) is 0 Å². The zero-order chi connectivity index (χ0) is 17.8. The average Bonchev–Trinajstić information content (AvgIpc) is 3.18. The van der Waals surface area contributed by atoms with Crippen LogP contribution in [-0.4, -0.2) is 72.0 Å². The van der Waals surface area contributed by atoms with Crippen molar-refractivity contribution in [2.24, 2.45) is 0 Å². The van der Waals surface area contributed by atoms with Crippen molar-refractivity contribution in [3.8, 4) is 0 Å². The molecule has 0 unspecified atom stereocenters. The Morgan fingerprint density at radius 1 is 1.48 bits per heavy atom. The third-order valence-electron chi connectivity index (χ3n) is 5.05. The van der Waals surface area contributed by atoms with Gasteiger partial charge in [0.2, 0.25) is 5.91 Å². The molecule has 0 bridgehead atoms. The summed E-state index contributed by atoms with van der Waals surface area (Å²) in [7, 11) is 4.27. The standard InChI is InChI=1S/C19H29N5O/c1-14-4-5-16-17(12-14)22-18(21-16)6-9-20-19(25)8-11-24(3)15-7-10-23(2)13-15/h4-5,12,15H,6-11,13H2,1-3H3,(H,20,25)(H,21,22)/t15-/m0/s1. The van der Waals surface area contributed by atoms with Crippen LogP contribution in [0.3, 0.4) is 0 Å². The van der Waals surface area contributed by atoms with Crippen molar-refractivity contribution < 1.29 is 4.79 Å². The van der Waals surface area contributed by atoms with Crippen molar-refractivity contribution in [2.45, 2.75) is 32.2 Å². The second-order valence-electron chi connectivity index (χ2n) is 7.24. The number of likely N-dealkylation sites (tertiary alicyclic amines) is 1. The Bertz CT molecular complexity index is 726. The van der Waals surface area contributed by atoms with Gasteiger partial charge in [0.1, 0.15) is 5.82 Å². The fourth-order valence-corrected chi connectivity index (χ4v) is 3.44. The molecule has 0 saturated carbocycles. The summed E-state index contributed by atoms with van der Waals surface area (Å²) in [5, 5.41) is 3.01. The van der Waals surface area contributed by atoms with Crippen molar-refractivity contribution in [3.63, 3.8) is 0 Å². The predicted molar refractivity (Wildman–Crippen MR) is 101 cm³/mol. The van der Waals surface area contributed by atoms with Crippen LogP contribution < -0.4 is 5.32 Å². The van der Waals surface area contributed by atoms with E-state index in [1.165, 1.54) is 12.0 Å².